The fraction of sp³-hybridized carbons (Fsp3) is 0.450. The van der Waals surface area contributed by atoms with Crippen LogP contribution in [-0.4, -0.2) is 56.8 Å². The lowest BCUT2D eigenvalue weighted by Gasteiger charge is -2.37. The molecule has 29 heavy (non-hydrogen) atoms. The van der Waals surface area contributed by atoms with Gasteiger partial charge in [0.1, 0.15) is 0 Å². The first-order valence-corrected chi connectivity index (χ1v) is 9.37. The minimum absolute atomic E-state index is 0.0513. The Bertz CT molecular complexity index is 835. The fourth-order valence-corrected chi connectivity index (χ4v) is 3.32. The molecule has 1 amide bonds. The lowest BCUT2D eigenvalue weighted by Crippen LogP contribution is -2.44. The zero-order valence-electron chi connectivity index (χ0n) is 16.8. The number of carbonyl (C=O) groups excluding carboxylic acids is 2. The Balaban J connectivity index is 0.000000941. The van der Waals surface area contributed by atoms with Crippen molar-refractivity contribution in [3.05, 3.63) is 36.2 Å². The van der Waals surface area contributed by atoms with E-state index in [1.165, 1.54) is 7.11 Å². The van der Waals surface area contributed by atoms with Gasteiger partial charge in [0.25, 0.3) is 6.47 Å². The summed E-state index contributed by atoms with van der Waals surface area (Å²) in [5.41, 5.74) is 0.959. The van der Waals surface area contributed by atoms with Crippen molar-refractivity contribution in [2.45, 2.75) is 39.3 Å². The standard InChI is InChI=1S/C19H24N4O3.CH2O2/c1-13(2)17-19-20-18(14-7-5-4-6-8-14)21-23(19)12-11-22(17)15(24)9-10-16(25)26-3;2-1-3/h4-8,13,17H,9-12H2,1-3H3;1H,(H,2,3)/t17-;/m0./s1. The zero-order valence-corrected chi connectivity index (χ0v) is 16.8. The maximum Gasteiger partial charge on any atom is 0.306 e. The van der Waals surface area contributed by atoms with Crippen LogP contribution in [-0.2, 0) is 25.7 Å². The van der Waals surface area contributed by atoms with E-state index in [1.54, 1.807) is 0 Å². The van der Waals surface area contributed by atoms with E-state index in [1.807, 2.05) is 39.9 Å². The molecule has 0 bridgehead atoms. The molecule has 0 unspecified atom stereocenters. The normalized spacial score (nSPS) is 15.2. The van der Waals surface area contributed by atoms with E-state index >= 15 is 0 Å². The van der Waals surface area contributed by atoms with Crippen LogP contribution in [0.4, 0.5) is 0 Å². The van der Waals surface area contributed by atoms with Crippen LogP contribution in [0.25, 0.3) is 11.4 Å². The van der Waals surface area contributed by atoms with Gasteiger partial charge in [0.2, 0.25) is 5.91 Å². The van der Waals surface area contributed by atoms with Gasteiger partial charge in [0, 0.05) is 18.5 Å². The van der Waals surface area contributed by atoms with Crippen molar-refractivity contribution in [1.29, 1.82) is 0 Å². The first-order valence-electron chi connectivity index (χ1n) is 9.37. The highest BCUT2D eigenvalue weighted by atomic mass is 16.5. The Kier molecular flexibility index (Phi) is 7.88. The van der Waals surface area contributed by atoms with Gasteiger partial charge in [-0.1, -0.05) is 44.2 Å². The van der Waals surface area contributed by atoms with E-state index in [2.05, 4.69) is 23.7 Å². The molecule has 2 aromatic rings. The second kappa shape index (κ2) is 10.4. The zero-order chi connectivity index (χ0) is 21.4. The number of fused-ring (bicyclic) bond motifs is 1. The number of amides is 1. The highest BCUT2D eigenvalue weighted by Gasteiger charge is 2.35. The molecule has 2 heterocycles. The van der Waals surface area contributed by atoms with Crippen LogP contribution in [0.1, 0.15) is 38.6 Å². The smallest absolute Gasteiger partial charge is 0.306 e. The van der Waals surface area contributed by atoms with Gasteiger partial charge in [-0.3, -0.25) is 14.4 Å². The van der Waals surface area contributed by atoms with Crippen molar-refractivity contribution >= 4 is 18.3 Å². The van der Waals surface area contributed by atoms with Crippen LogP contribution in [0.3, 0.4) is 0 Å². The van der Waals surface area contributed by atoms with Gasteiger partial charge < -0.3 is 14.7 Å². The van der Waals surface area contributed by atoms with Crippen molar-refractivity contribution in [2.24, 2.45) is 5.92 Å². The average molecular weight is 402 g/mol. The SMILES string of the molecule is COC(=O)CCC(=O)N1CCn2nc(-c3ccccc3)nc2[C@@H]1C(C)C.O=CO. The van der Waals surface area contributed by atoms with Gasteiger partial charge in [0.15, 0.2) is 11.6 Å². The molecule has 1 aromatic heterocycles. The van der Waals surface area contributed by atoms with E-state index < -0.39 is 0 Å². The highest BCUT2D eigenvalue weighted by molar-refractivity contribution is 5.81. The quantitative estimate of drug-likeness (QED) is 0.602. The van der Waals surface area contributed by atoms with E-state index in [4.69, 9.17) is 14.9 Å². The van der Waals surface area contributed by atoms with Crippen molar-refractivity contribution in [3.8, 4) is 11.4 Å². The molecular formula is C20H26N4O5. The topological polar surface area (TPSA) is 115 Å². The van der Waals surface area contributed by atoms with Gasteiger partial charge in [-0.2, -0.15) is 5.10 Å². The third kappa shape index (κ3) is 5.40. The number of carboxylic acid groups (broad SMARTS) is 1. The summed E-state index contributed by atoms with van der Waals surface area (Å²) in [6.07, 6.45) is 0.244. The minimum atomic E-state index is -0.369. The number of methoxy groups -OCH3 is 1. The van der Waals surface area contributed by atoms with Gasteiger partial charge in [-0.25, -0.2) is 9.67 Å². The molecule has 3 rings (SSSR count). The number of esters is 1. The monoisotopic (exact) mass is 402 g/mol. The summed E-state index contributed by atoms with van der Waals surface area (Å²) in [4.78, 5) is 39.0. The molecule has 0 spiro atoms. The molecule has 9 nitrogen and oxygen atoms in total. The molecule has 1 N–H and O–H groups in total. The number of nitrogens with zero attached hydrogens (tertiary/aromatic N) is 4. The molecule has 1 aromatic carbocycles. The van der Waals surface area contributed by atoms with Crippen molar-refractivity contribution in [2.75, 3.05) is 13.7 Å². The molecule has 1 aliphatic heterocycles. The largest absolute Gasteiger partial charge is 0.483 e. The van der Waals surface area contributed by atoms with Gasteiger partial charge in [-0.05, 0) is 5.92 Å². The predicted molar refractivity (Wildman–Crippen MR) is 105 cm³/mol. The summed E-state index contributed by atoms with van der Waals surface area (Å²) in [6.45, 7) is 5.05. The number of aromatic nitrogens is 3. The summed E-state index contributed by atoms with van der Waals surface area (Å²) in [7, 11) is 1.33. The minimum Gasteiger partial charge on any atom is -0.483 e. The van der Waals surface area contributed by atoms with Crippen molar-refractivity contribution < 1.29 is 24.2 Å². The van der Waals surface area contributed by atoms with Crippen LogP contribution in [0.5, 0.6) is 0 Å². The van der Waals surface area contributed by atoms with Gasteiger partial charge in [0.05, 0.1) is 26.1 Å². The van der Waals surface area contributed by atoms with Crippen molar-refractivity contribution in [3.63, 3.8) is 0 Å². The predicted octanol–water partition coefficient (Wildman–Crippen LogP) is 2.14. The van der Waals surface area contributed by atoms with Crippen LogP contribution in [0, 0.1) is 5.92 Å². The molecule has 0 aliphatic carbocycles. The third-order valence-electron chi connectivity index (χ3n) is 4.61. The third-order valence-corrected chi connectivity index (χ3v) is 4.61. The summed E-state index contributed by atoms with van der Waals surface area (Å²) >= 11 is 0. The molecule has 1 aliphatic rings. The number of rotatable bonds is 5. The Morgan fingerprint density at radius 1 is 1.24 bits per heavy atom. The molecule has 156 valence electrons. The lowest BCUT2D eigenvalue weighted by atomic mass is 9.99. The molecule has 9 heteroatoms. The summed E-state index contributed by atoms with van der Waals surface area (Å²) < 4.78 is 6.53. The van der Waals surface area contributed by atoms with E-state index in [9.17, 15) is 9.59 Å². The second-order valence-corrected chi connectivity index (χ2v) is 6.84. The lowest BCUT2D eigenvalue weighted by molar-refractivity contribution is -0.145. The van der Waals surface area contributed by atoms with E-state index in [-0.39, 0.29) is 43.2 Å². The number of hydrogen-bond acceptors (Lipinski definition) is 6. The highest BCUT2D eigenvalue weighted by Crippen LogP contribution is 2.32. The number of ether oxygens (including phenoxy) is 1. The number of benzene rings is 1. The number of hydrogen-bond donors (Lipinski definition) is 1. The Hall–Kier alpha value is -3.23. The Morgan fingerprint density at radius 2 is 1.90 bits per heavy atom. The molecule has 0 fully saturated rings. The molecule has 0 saturated carbocycles. The van der Waals surface area contributed by atoms with Crippen molar-refractivity contribution in [1.82, 2.24) is 19.7 Å². The van der Waals surface area contributed by atoms with Gasteiger partial charge >= 0.3 is 5.97 Å². The summed E-state index contributed by atoms with van der Waals surface area (Å²) in [5, 5.41) is 11.5. The maximum absolute atomic E-state index is 12.7. The van der Waals surface area contributed by atoms with Crippen LogP contribution < -0.4 is 0 Å². The van der Waals surface area contributed by atoms with Crippen LogP contribution in [0.15, 0.2) is 30.3 Å². The molecular weight excluding hydrogens is 376 g/mol. The van der Waals surface area contributed by atoms with E-state index in [0.717, 1.165) is 11.4 Å². The molecule has 0 radical (unpaired) electrons. The van der Waals surface area contributed by atoms with Gasteiger partial charge in [-0.15, -0.1) is 0 Å². The Labute approximate surface area is 169 Å². The Morgan fingerprint density at radius 3 is 2.48 bits per heavy atom. The summed E-state index contributed by atoms with van der Waals surface area (Å²) in [5.74, 6) is 1.24. The molecule has 1 atom stereocenters. The summed E-state index contributed by atoms with van der Waals surface area (Å²) in [6, 6.07) is 9.67. The van der Waals surface area contributed by atoms with Crippen LogP contribution in [0.2, 0.25) is 0 Å². The molecule has 0 saturated heterocycles. The fourth-order valence-electron chi connectivity index (χ4n) is 3.32. The van der Waals surface area contributed by atoms with Crippen LogP contribution >= 0.6 is 0 Å². The first kappa shape index (κ1) is 22.1. The average Bonchev–Trinajstić information content (AvgIpc) is 3.16. The maximum atomic E-state index is 12.7. The number of carbonyl (C=O) groups is 3. The van der Waals surface area contributed by atoms with E-state index in [0.29, 0.717) is 18.9 Å². The second-order valence-electron chi connectivity index (χ2n) is 6.84. The first-order chi connectivity index (χ1) is 13.9.